The van der Waals surface area contributed by atoms with Crippen LogP contribution >= 0.6 is 0 Å². The van der Waals surface area contributed by atoms with Crippen LogP contribution in [0.4, 0.5) is 5.69 Å². The summed E-state index contributed by atoms with van der Waals surface area (Å²) in [6.07, 6.45) is 3.94. The van der Waals surface area contributed by atoms with Crippen molar-refractivity contribution >= 4 is 5.69 Å². The van der Waals surface area contributed by atoms with Gasteiger partial charge in [-0.2, -0.15) is 0 Å². The second-order valence-corrected chi connectivity index (χ2v) is 5.70. The van der Waals surface area contributed by atoms with Crippen molar-refractivity contribution in [2.45, 2.75) is 25.3 Å². The van der Waals surface area contributed by atoms with Gasteiger partial charge in [-0.15, -0.1) is 0 Å². The predicted octanol–water partition coefficient (Wildman–Crippen LogP) is 2.18. The third-order valence-electron chi connectivity index (χ3n) is 3.63. The quantitative estimate of drug-likeness (QED) is 0.801. The van der Waals surface area contributed by atoms with Gasteiger partial charge >= 0.3 is 0 Å². The fourth-order valence-corrected chi connectivity index (χ4v) is 2.35. The van der Waals surface area contributed by atoms with E-state index in [0.29, 0.717) is 6.04 Å². The van der Waals surface area contributed by atoms with Crippen molar-refractivity contribution in [1.29, 1.82) is 0 Å². The minimum atomic E-state index is 0.611. The maximum absolute atomic E-state index is 5.68. The van der Waals surface area contributed by atoms with Gasteiger partial charge in [-0.1, -0.05) is 6.42 Å². The number of hydrogen-bond acceptors (Lipinski definition) is 4. The highest BCUT2D eigenvalue weighted by atomic mass is 16.5. The van der Waals surface area contributed by atoms with E-state index in [9.17, 15) is 0 Å². The van der Waals surface area contributed by atoms with E-state index >= 15 is 0 Å². The molecule has 4 heteroatoms. The first-order valence-electron chi connectivity index (χ1n) is 7.59. The maximum atomic E-state index is 5.68. The Hall–Kier alpha value is -1.26. The third kappa shape index (κ3) is 5.39. The topological polar surface area (TPSA) is 36.5 Å². The van der Waals surface area contributed by atoms with Crippen LogP contribution in [0.3, 0.4) is 0 Å². The highest BCUT2D eigenvalue weighted by Gasteiger charge is 2.11. The van der Waals surface area contributed by atoms with Crippen LogP contribution in [0, 0.1) is 0 Å². The van der Waals surface area contributed by atoms with Crippen LogP contribution in [0.5, 0.6) is 5.75 Å². The fourth-order valence-electron chi connectivity index (χ4n) is 2.35. The molecule has 0 aliphatic carbocycles. The number of ether oxygens (including phenoxy) is 1. The Labute approximate surface area is 122 Å². The number of nitrogens with zero attached hydrogens (tertiary/aromatic N) is 1. The molecule has 1 atom stereocenters. The van der Waals surface area contributed by atoms with Crippen LogP contribution in [-0.4, -0.2) is 51.3 Å². The summed E-state index contributed by atoms with van der Waals surface area (Å²) >= 11 is 0. The lowest BCUT2D eigenvalue weighted by Crippen LogP contribution is -2.39. The van der Waals surface area contributed by atoms with E-state index in [2.05, 4.69) is 41.8 Å². The van der Waals surface area contributed by atoms with E-state index in [0.717, 1.165) is 37.7 Å². The largest absolute Gasteiger partial charge is 0.492 e. The average molecular weight is 277 g/mol. The monoisotopic (exact) mass is 277 g/mol. The van der Waals surface area contributed by atoms with Crippen LogP contribution in [0.15, 0.2) is 24.3 Å². The minimum Gasteiger partial charge on any atom is -0.492 e. The number of benzene rings is 1. The van der Waals surface area contributed by atoms with Gasteiger partial charge in [0.25, 0.3) is 0 Å². The molecule has 0 spiro atoms. The zero-order valence-electron chi connectivity index (χ0n) is 12.7. The summed E-state index contributed by atoms with van der Waals surface area (Å²) in [5.74, 6) is 0.938. The van der Waals surface area contributed by atoms with E-state index < -0.39 is 0 Å². The first kappa shape index (κ1) is 15.1. The van der Waals surface area contributed by atoms with Gasteiger partial charge in [0.2, 0.25) is 0 Å². The molecule has 4 nitrogen and oxygen atoms in total. The lowest BCUT2D eigenvalue weighted by Gasteiger charge is -2.24. The number of rotatable bonds is 7. The van der Waals surface area contributed by atoms with Crippen molar-refractivity contribution in [2.24, 2.45) is 0 Å². The van der Waals surface area contributed by atoms with Crippen molar-refractivity contribution in [3.8, 4) is 5.75 Å². The number of hydrogen-bond donors (Lipinski definition) is 2. The first-order chi connectivity index (χ1) is 9.74. The summed E-state index contributed by atoms with van der Waals surface area (Å²) in [4.78, 5) is 2.12. The van der Waals surface area contributed by atoms with Crippen LogP contribution in [0.25, 0.3) is 0 Å². The van der Waals surface area contributed by atoms with Crippen molar-refractivity contribution in [3.05, 3.63) is 24.3 Å². The molecule has 0 radical (unpaired) electrons. The van der Waals surface area contributed by atoms with Crippen LogP contribution in [-0.2, 0) is 0 Å². The van der Waals surface area contributed by atoms with Crippen molar-refractivity contribution in [2.75, 3.05) is 45.7 Å². The van der Waals surface area contributed by atoms with E-state index in [-0.39, 0.29) is 0 Å². The standard InChI is InChI=1S/C16H27N3O/c1-19(2)11-12-20-16-8-6-14(7-9-16)18-13-15-5-3-4-10-17-15/h6-9,15,17-18H,3-5,10-13H2,1-2H3. The Morgan fingerprint density at radius 2 is 2.05 bits per heavy atom. The molecule has 112 valence electrons. The molecular weight excluding hydrogens is 250 g/mol. The van der Waals surface area contributed by atoms with Gasteiger partial charge in [0.05, 0.1) is 0 Å². The Kier molecular flexibility index (Phi) is 6.15. The summed E-state index contributed by atoms with van der Waals surface area (Å²) in [6, 6.07) is 8.86. The van der Waals surface area contributed by atoms with Gasteiger partial charge in [0.1, 0.15) is 12.4 Å². The van der Waals surface area contributed by atoms with Crippen molar-refractivity contribution < 1.29 is 4.74 Å². The Morgan fingerprint density at radius 1 is 1.25 bits per heavy atom. The Bertz CT molecular complexity index is 372. The number of anilines is 1. The van der Waals surface area contributed by atoms with E-state index in [1.807, 2.05) is 12.1 Å². The molecule has 1 unspecified atom stereocenters. The Morgan fingerprint density at radius 3 is 2.70 bits per heavy atom. The number of likely N-dealkylation sites (N-methyl/N-ethyl adjacent to an activating group) is 1. The third-order valence-corrected chi connectivity index (χ3v) is 3.63. The van der Waals surface area contributed by atoms with Gasteiger partial charge in [-0.05, 0) is 57.7 Å². The summed E-state index contributed by atoms with van der Waals surface area (Å²) in [5, 5.41) is 7.04. The maximum Gasteiger partial charge on any atom is 0.119 e. The molecule has 1 fully saturated rings. The van der Waals surface area contributed by atoms with Crippen LogP contribution < -0.4 is 15.4 Å². The molecule has 20 heavy (non-hydrogen) atoms. The van der Waals surface area contributed by atoms with Gasteiger partial charge in [0, 0.05) is 24.8 Å². The smallest absolute Gasteiger partial charge is 0.119 e. The van der Waals surface area contributed by atoms with E-state index in [1.165, 1.54) is 19.3 Å². The van der Waals surface area contributed by atoms with Gasteiger partial charge in [0.15, 0.2) is 0 Å². The van der Waals surface area contributed by atoms with E-state index in [1.54, 1.807) is 0 Å². The normalized spacial score (nSPS) is 19.1. The molecule has 2 N–H and O–H groups in total. The molecule has 1 heterocycles. The molecule has 0 aromatic heterocycles. The predicted molar refractivity (Wildman–Crippen MR) is 84.6 cm³/mol. The molecular formula is C16H27N3O. The van der Waals surface area contributed by atoms with Crippen molar-refractivity contribution in [1.82, 2.24) is 10.2 Å². The first-order valence-corrected chi connectivity index (χ1v) is 7.59. The van der Waals surface area contributed by atoms with Crippen molar-refractivity contribution in [3.63, 3.8) is 0 Å². The van der Waals surface area contributed by atoms with Gasteiger partial charge in [-0.3, -0.25) is 0 Å². The van der Waals surface area contributed by atoms with Gasteiger partial charge < -0.3 is 20.3 Å². The molecule has 1 aromatic rings. The molecule has 1 aliphatic rings. The molecule has 0 bridgehead atoms. The summed E-state index contributed by atoms with van der Waals surface area (Å²) in [5.41, 5.74) is 1.16. The zero-order chi connectivity index (χ0) is 14.2. The summed E-state index contributed by atoms with van der Waals surface area (Å²) in [7, 11) is 4.10. The molecule has 1 aromatic carbocycles. The molecule has 2 rings (SSSR count). The fraction of sp³-hybridized carbons (Fsp3) is 0.625. The van der Waals surface area contributed by atoms with Crippen LogP contribution in [0.2, 0.25) is 0 Å². The average Bonchev–Trinajstić information content (AvgIpc) is 2.47. The molecule has 0 saturated carbocycles. The van der Waals surface area contributed by atoms with Crippen LogP contribution in [0.1, 0.15) is 19.3 Å². The zero-order valence-corrected chi connectivity index (χ0v) is 12.7. The SMILES string of the molecule is CN(C)CCOc1ccc(NCC2CCCCN2)cc1. The summed E-state index contributed by atoms with van der Waals surface area (Å²) < 4.78 is 5.68. The lowest BCUT2D eigenvalue weighted by molar-refractivity contribution is 0.261. The minimum absolute atomic E-state index is 0.611. The lowest BCUT2D eigenvalue weighted by atomic mass is 10.1. The second kappa shape index (κ2) is 8.12. The molecule has 1 aliphatic heterocycles. The number of piperidine rings is 1. The van der Waals surface area contributed by atoms with E-state index in [4.69, 9.17) is 4.74 Å². The second-order valence-electron chi connectivity index (χ2n) is 5.70. The van der Waals surface area contributed by atoms with Gasteiger partial charge in [-0.25, -0.2) is 0 Å². The number of nitrogens with one attached hydrogen (secondary N) is 2. The highest BCUT2D eigenvalue weighted by molar-refractivity contribution is 5.46. The highest BCUT2D eigenvalue weighted by Crippen LogP contribution is 2.16. The molecule has 0 amide bonds. The molecule has 1 saturated heterocycles. The summed E-state index contributed by atoms with van der Waals surface area (Å²) in [6.45, 7) is 3.82. The Balaban J connectivity index is 1.70.